The molecule has 8 heteroatoms. The van der Waals surface area contributed by atoms with E-state index in [0.717, 1.165) is 11.3 Å². The number of phenolic OH excluding ortho intramolecular Hbond substituents is 1. The SMILES string of the molecule is CCOP(=O)(CC(Nc1cccnc1)c1cc(C)c(O)c(OC)c1)OCC. The van der Waals surface area contributed by atoms with Crippen molar-refractivity contribution >= 4 is 13.3 Å². The number of phenols is 1. The second-order valence-electron chi connectivity index (χ2n) is 5.96. The van der Waals surface area contributed by atoms with Crippen LogP contribution in [0.3, 0.4) is 0 Å². The lowest BCUT2D eigenvalue weighted by atomic mass is 10.0. The summed E-state index contributed by atoms with van der Waals surface area (Å²) in [4.78, 5) is 4.11. The van der Waals surface area contributed by atoms with Crippen LogP contribution in [0, 0.1) is 6.92 Å². The molecule has 148 valence electrons. The Bertz CT molecular complexity index is 775. The highest BCUT2D eigenvalue weighted by Gasteiger charge is 2.30. The van der Waals surface area contributed by atoms with Gasteiger partial charge in [-0.2, -0.15) is 0 Å². The van der Waals surface area contributed by atoms with Gasteiger partial charge in [0.25, 0.3) is 0 Å². The molecule has 0 amide bonds. The van der Waals surface area contributed by atoms with E-state index in [1.165, 1.54) is 7.11 Å². The quantitative estimate of drug-likeness (QED) is 0.573. The van der Waals surface area contributed by atoms with Crippen molar-refractivity contribution in [1.82, 2.24) is 4.98 Å². The van der Waals surface area contributed by atoms with Gasteiger partial charge in [-0.15, -0.1) is 0 Å². The van der Waals surface area contributed by atoms with Crippen LogP contribution in [0.4, 0.5) is 5.69 Å². The molecule has 0 fully saturated rings. The maximum Gasteiger partial charge on any atom is 0.333 e. The zero-order valence-corrected chi connectivity index (χ0v) is 17.0. The molecule has 0 aliphatic rings. The van der Waals surface area contributed by atoms with E-state index >= 15 is 0 Å². The zero-order valence-electron chi connectivity index (χ0n) is 16.1. The number of methoxy groups -OCH3 is 1. The third-order valence-electron chi connectivity index (χ3n) is 3.97. The standard InChI is InChI=1S/C19H27N2O5P/c1-5-25-27(23,26-6-2)13-17(21-16-8-7-9-20-12-16)15-10-14(3)19(22)18(11-15)24-4/h7-12,17,21-22H,5-6,13H2,1-4H3. The number of hydrogen-bond acceptors (Lipinski definition) is 7. The number of hydrogen-bond donors (Lipinski definition) is 2. The summed E-state index contributed by atoms with van der Waals surface area (Å²) >= 11 is 0. The van der Waals surface area contributed by atoms with E-state index in [9.17, 15) is 9.67 Å². The van der Waals surface area contributed by atoms with Crippen LogP contribution in [-0.4, -0.2) is 36.6 Å². The Hall–Kier alpha value is -2.08. The number of nitrogens with one attached hydrogen (secondary N) is 1. The highest BCUT2D eigenvalue weighted by molar-refractivity contribution is 7.53. The molecule has 1 atom stereocenters. The molecule has 0 saturated heterocycles. The van der Waals surface area contributed by atoms with Gasteiger partial charge in [0.05, 0.1) is 38.2 Å². The van der Waals surface area contributed by atoms with Gasteiger partial charge in [-0.3, -0.25) is 9.55 Å². The van der Waals surface area contributed by atoms with E-state index < -0.39 is 13.6 Å². The number of aryl methyl sites for hydroxylation is 1. The van der Waals surface area contributed by atoms with Gasteiger partial charge in [-0.1, -0.05) is 6.07 Å². The first-order chi connectivity index (χ1) is 12.9. The summed E-state index contributed by atoms with van der Waals surface area (Å²) in [6.45, 7) is 5.92. The molecule has 7 nitrogen and oxygen atoms in total. The summed E-state index contributed by atoms with van der Waals surface area (Å²) in [5.74, 6) is 0.435. The number of rotatable bonds is 10. The molecule has 27 heavy (non-hydrogen) atoms. The molecule has 1 aromatic heterocycles. The summed E-state index contributed by atoms with van der Waals surface area (Å²) < 4.78 is 29.3. The minimum atomic E-state index is -3.31. The van der Waals surface area contributed by atoms with Gasteiger partial charge in [0.2, 0.25) is 0 Å². The molecule has 0 aliphatic carbocycles. The van der Waals surface area contributed by atoms with Gasteiger partial charge in [0.15, 0.2) is 11.5 Å². The number of ether oxygens (including phenoxy) is 1. The second-order valence-corrected chi connectivity index (χ2v) is 8.06. The third kappa shape index (κ3) is 5.70. The van der Waals surface area contributed by atoms with Crippen molar-refractivity contribution in [2.75, 3.05) is 31.8 Å². The fraction of sp³-hybridized carbons (Fsp3) is 0.421. The van der Waals surface area contributed by atoms with Gasteiger partial charge >= 0.3 is 7.60 Å². The molecular weight excluding hydrogens is 367 g/mol. The average Bonchev–Trinajstić information content (AvgIpc) is 2.64. The molecule has 2 N–H and O–H groups in total. The predicted molar refractivity (Wildman–Crippen MR) is 106 cm³/mol. The molecule has 0 radical (unpaired) electrons. The second kappa shape index (κ2) is 9.74. The normalized spacial score (nSPS) is 12.6. The highest BCUT2D eigenvalue weighted by Crippen LogP contribution is 2.51. The number of benzene rings is 1. The first-order valence-electron chi connectivity index (χ1n) is 8.84. The van der Waals surface area contributed by atoms with Crippen molar-refractivity contribution < 1.29 is 23.5 Å². The number of aromatic hydroxyl groups is 1. The van der Waals surface area contributed by atoms with Crippen LogP contribution < -0.4 is 10.1 Å². The van der Waals surface area contributed by atoms with E-state index in [2.05, 4.69) is 10.3 Å². The van der Waals surface area contributed by atoms with Crippen molar-refractivity contribution in [1.29, 1.82) is 0 Å². The van der Waals surface area contributed by atoms with E-state index in [1.54, 1.807) is 39.2 Å². The Morgan fingerprint density at radius 3 is 2.52 bits per heavy atom. The van der Waals surface area contributed by atoms with Crippen LogP contribution in [0.15, 0.2) is 36.7 Å². The fourth-order valence-electron chi connectivity index (χ4n) is 2.77. The Labute approximate surface area is 160 Å². The molecule has 1 unspecified atom stereocenters. The number of anilines is 1. The molecule has 2 aromatic rings. The molecule has 0 bridgehead atoms. The van der Waals surface area contributed by atoms with Gasteiger partial charge in [0.1, 0.15) is 0 Å². The van der Waals surface area contributed by atoms with Gasteiger partial charge < -0.3 is 24.2 Å². The summed E-state index contributed by atoms with van der Waals surface area (Å²) in [7, 11) is -1.82. The van der Waals surface area contributed by atoms with Crippen LogP contribution in [0.25, 0.3) is 0 Å². The molecule has 0 saturated carbocycles. The molecule has 1 heterocycles. The molecular formula is C19H27N2O5P. The van der Waals surface area contributed by atoms with Gasteiger partial charge in [0, 0.05) is 12.4 Å². The number of nitrogens with zero attached hydrogens (tertiary/aromatic N) is 1. The molecule has 1 aromatic carbocycles. The Kier molecular flexibility index (Phi) is 7.66. The lowest BCUT2D eigenvalue weighted by molar-refractivity contribution is 0.219. The van der Waals surface area contributed by atoms with Crippen LogP contribution in [-0.2, 0) is 13.6 Å². The smallest absolute Gasteiger partial charge is 0.333 e. The Balaban J connectivity index is 2.43. The van der Waals surface area contributed by atoms with Gasteiger partial charge in [-0.25, -0.2) is 0 Å². The maximum absolute atomic E-state index is 13.1. The van der Waals surface area contributed by atoms with Crippen molar-refractivity contribution in [3.63, 3.8) is 0 Å². The predicted octanol–water partition coefficient (Wildman–Crippen LogP) is 4.52. The van der Waals surface area contributed by atoms with Crippen LogP contribution in [0.5, 0.6) is 11.5 Å². The van der Waals surface area contributed by atoms with Crippen LogP contribution in [0.2, 0.25) is 0 Å². The molecule has 0 spiro atoms. The fourth-order valence-corrected chi connectivity index (χ4v) is 4.60. The van der Waals surface area contributed by atoms with Gasteiger partial charge in [-0.05, 0) is 50.1 Å². The monoisotopic (exact) mass is 394 g/mol. The minimum Gasteiger partial charge on any atom is -0.504 e. The third-order valence-corrected chi connectivity index (χ3v) is 6.09. The zero-order chi connectivity index (χ0) is 19.9. The summed E-state index contributed by atoms with van der Waals surface area (Å²) in [6, 6.07) is 6.84. The van der Waals surface area contributed by atoms with E-state index in [1.807, 2.05) is 18.2 Å². The van der Waals surface area contributed by atoms with E-state index in [4.69, 9.17) is 13.8 Å². The van der Waals surface area contributed by atoms with E-state index in [0.29, 0.717) is 11.3 Å². The van der Waals surface area contributed by atoms with Crippen LogP contribution in [0.1, 0.15) is 31.0 Å². The lowest BCUT2D eigenvalue weighted by Crippen LogP contribution is -2.18. The Morgan fingerprint density at radius 2 is 1.96 bits per heavy atom. The molecule has 0 aliphatic heterocycles. The number of pyridine rings is 1. The summed E-state index contributed by atoms with van der Waals surface area (Å²) in [5, 5.41) is 13.5. The largest absolute Gasteiger partial charge is 0.504 e. The van der Waals surface area contributed by atoms with Crippen molar-refractivity contribution in [3.05, 3.63) is 47.8 Å². The maximum atomic E-state index is 13.1. The Morgan fingerprint density at radius 1 is 1.26 bits per heavy atom. The summed E-state index contributed by atoms with van der Waals surface area (Å²) in [6.07, 6.45) is 3.49. The van der Waals surface area contributed by atoms with Crippen molar-refractivity contribution in [2.24, 2.45) is 0 Å². The first-order valence-corrected chi connectivity index (χ1v) is 10.6. The lowest BCUT2D eigenvalue weighted by Gasteiger charge is -2.26. The van der Waals surface area contributed by atoms with Crippen LogP contribution >= 0.6 is 7.60 Å². The minimum absolute atomic E-state index is 0.0826. The first kappa shape index (κ1) is 21.2. The topological polar surface area (TPSA) is 89.9 Å². The van der Waals surface area contributed by atoms with Crippen molar-refractivity contribution in [3.8, 4) is 11.5 Å². The number of aromatic nitrogens is 1. The van der Waals surface area contributed by atoms with E-state index in [-0.39, 0.29) is 25.1 Å². The highest BCUT2D eigenvalue weighted by atomic mass is 31.2. The molecule has 2 rings (SSSR count). The van der Waals surface area contributed by atoms with Crippen molar-refractivity contribution in [2.45, 2.75) is 26.8 Å². The summed E-state index contributed by atoms with van der Waals surface area (Å²) in [5.41, 5.74) is 2.22. The average molecular weight is 394 g/mol.